The molecule has 1 aliphatic carbocycles. The first-order chi connectivity index (χ1) is 7.26. The summed E-state index contributed by atoms with van der Waals surface area (Å²) in [6.45, 7) is 3.61. The van der Waals surface area contributed by atoms with E-state index < -0.39 is 0 Å². The summed E-state index contributed by atoms with van der Waals surface area (Å²) in [5.41, 5.74) is 0. The fourth-order valence-corrected chi connectivity index (χ4v) is 2.06. The van der Waals surface area contributed by atoms with Gasteiger partial charge < -0.3 is 10.6 Å². The van der Waals surface area contributed by atoms with Crippen LogP contribution in [-0.4, -0.2) is 25.0 Å². The number of carbonyl (C=O) groups excluding carboxylic acids is 1. The Bertz CT molecular complexity index is 208. The summed E-state index contributed by atoms with van der Waals surface area (Å²) in [5.74, 6) is 0.169. The van der Waals surface area contributed by atoms with Crippen LogP contribution >= 0.6 is 0 Å². The molecule has 1 amide bonds. The first-order valence-electron chi connectivity index (χ1n) is 5.83. The van der Waals surface area contributed by atoms with Crippen LogP contribution in [0.2, 0.25) is 0 Å². The van der Waals surface area contributed by atoms with Crippen molar-refractivity contribution in [2.24, 2.45) is 0 Å². The second kappa shape index (κ2) is 6.62. The average molecular weight is 210 g/mol. The van der Waals surface area contributed by atoms with Gasteiger partial charge in [-0.1, -0.05) is 6.08 Å². The number of allylic oxidation sites excluding steroid dienone is 1. The van der Waals surface area contributed by atoms with Crippen molar-refractivity contribution in [3.63, 3.8) is 0 Å². The standard InChI is InChI=1S/C12H22N2O/c1-3-4-5-12(15)14-11-8-6-10(13-2)7-9-11/h3,10-11,13H,1,4-9H2,2H3,(H,14,15). The summed E-state index contributed by atoms with van der Waals surface area (Å²) in [6.07, 6.45) is 7.69. The Morgan fingerprint density at radius 2 is 1.93 bits per heavy atom. The molecule has 0 heterocycles. The fourth-order valence-electron chi connectivity index (χ4n) is 2.06. The monoisotopic (exact) mass is 210 g/mol. The molecule has 15 heavy (non-hydrogen) atoms. The molecule has 0 aromatic rings. The van der Waals surface area contributed by atoms with Gasteiger partial charge in [0.1, 0.15) is 0 Å². The predicted octanol–water partition coefficient (Wildman–Crippen LogP) is 1.60. The number of amides is 1. The topological polar surface area (TPSA) is 41.1 Å². The van der Waals surface area contributed by atoms with Crippen LogP contribution in [-0.2, 0) is 4.79 Å². The molecule has 0 aromatic carbocycles. The zero-order valence-corrected chi connectivity index (χ0v) is 9.59. The minimum absolute atomic E-state index is 0.169. The number of rotatable bonds is 5. The molecule has 0 aromatic heterocycles. The highest BCUT2D eigenvalue weighted by Crippen LogP contribution is 2.18. The minimum Gasteiger partial charge on any atom is -0.353 e. The normalized spacial score (nSPS) is 25.9. The minimum atomic E-state index is 0.169. The van der Waals surface area contributed by atoms with Crippen molar-refractivity contribution in [3.05, 3.63) is 12.7 Å². The Morgan fingerprint density at radius 1 is 1.33 bits per heavy atom. The van der Waals surface area contributed by atoms with Crippen molar-refractivity contribution >= 4 is 5.91 Å². The molecule has 1 aliphatic rings. The summed E-state index contributed by atoms with van der Waals surface area (Å²) in [4.78, 5) is 11.4. The lowest BCUT2D eigenvalue weighted by atomic mass is 9.91. The van der Waals surface area contributed by atoms with E-state index in [2.05, 4.69) is 17.2 Å². The van der Waals surface area contributed by atoms with Crippen molar-refractivity contribution in [1.82, 2.24) is 10.6 Å². The summed E-state index contributed by atoms with van der Waals surface area (Å²) in [7, 11) is 2.01. The first-order valence-corrected chi connectivity index (χ1v) is 5.83. The van der Waals surface area contributed by atoms with E-state index in [4.69, 9.17) is 0 Å². The van der Waals surface area contributed by atoms with E-state index in [1.165, 1.54) is 12.8 Å². The van der Waals surface area contributed by atoms with E-state index in [9.17, 15) is 4.79 Å². The Balaban J connectivity index is 2.17. The lowest BCUT2D eigenvalue weighted by molar-refractivity contribution is -0.121. The Morgan fingerprint density at radius 3 is 2.47 bits per heavy atom. The van der Waals surface area contributed by atoms with E-state index in [0.29, 0.717) is 18.5 Å². The third-order valence-electron chi connectivity index (χ3n) is 3.08. The van der Waals surface area contributed by atoms with Crippen molar-refractivity contribution in [3.8, 4) is 0 Å². The molecule has 3 nitrogen and oxygen atoms in total. The van der Waals surface area contributed by atoms with Crippen molar-refractivity contribution < 1.29 is 4.79 Å². The maximum absolute atomic E-state index is 11.4. The Kier molecular flexibility index (Phi) is 5.40. The van der Waals surface area contributed by atoms with E-state index in [1.54, 1.807) is 6.08 Å². The first kappa shape index (κ1) is 12.2. The van der Waals surface area contributed by atoms with Crippen molar-refractivity contribution in [2.45, 2.75) is 50.6 Å². The van der Waals surface area contributed by atoms with Crippen LogP contribution in [0.15, 0.2) is 12.7 Å². The van der Waals surface area contributed by atoms with E-state index >= 15 is 0 Å². The highest BCUT2D eigenvalue weighted by atomic mass is 16.1. The largest absolute Gasteiger partial charge is 0.353 e. The van der Waals surface area contributed by atoms with Crippen molar-refractivity contribution in [2.75, 3.05) is 7.05 Å². The number of hydrogen-bond acceptors (Lipinski definition) is 2. The highest BCUT2D eigenvalue weighted by Gasteiger charge is 2.20. The zero-order chi connectivity index (χ0) is 11.1. The van der Waals surface area contributed by atoms with Gasteiger partial charge >= 0.3 is 0 Å². The summed E-state index contributed by atoms with van der Waals surface area (Å²) >= 11 is 0. The smallest absolute Gasteiger partial charge is 0.220 e. The van der Waals surface area contributed by atoms with Crippen LogP contribution in [0, 0.1) is 0 Å². The van der Waals surface area contributed by atoms with E-state index in [0.717, 1.165) is 19.3 Å². The second-order valence-corrected chi connectivity index (χ2v) is 4.23. The lowest BCUT2D eigenvalue weighted by Gasteiger charge is -2.28. The fraction of sp³-hybridized carbons (Fsp3) is 0.750. The molecule has 0 unspecified atom stereocenters. The summed E-state index contributed by atoms with van der Waals surface area (Å²) in [5, 5.41) is 6.37. The summed E-state index contributed by atoms with van der Waals surface area (Å²) in [6, 6.07) is 1.04. The summed E-state index contributed by atoms with van der Waals surface area (Å²) < 4.78 is 0. The second-order valence-electron chi connectivity index (χ2n) is 4.23. The van der Waals surface area contributed by atoms with Gasteiger partial charge in [-0.3, -0.25) is 4.79 Å². The molecule has 0 saturated heterocycles. The molecule has 2 N–H and O–H groups in total. The maximum Gasteiger partial charge on any atom is 0.220 e. The third-order valence-corrected chi connectivity index (χ3v) is 3.08. The predicted molar refractivity (Wildman–Crippen MR) is 62.7 cm³/mol. The van der Waals surface area contributed by atoms with Gasteiger partial charge in [0, 0.05) is 18.5 Å². The molecular weight excluding hydrogens is 188 g/mol. The molecule has 0 spiro atoms. The van der Waals surface area contributed by atoms with E-state index in [-0.39, 0.29) is 5.91 Å². The highest BCUT2D eigenvalue weighted by molar-refractivity contribution is 5.76. The molecule has 0 radical (unpaired) electrons. The van der Waals surface area contributed by atoms with Gasteiger partial charge in [0.2, 0.25) is 5.91 Å². The Hall–Kier alpha value is -0.830. The lowest BCUT2D eigenvalue weighted by Crippen LogP contribution is -2.41. The van der Waals surface area contributed by atoms with Gasteiger partial charge in [0.25, 0.3) is 0 Å². The van der Waals surface area contributed by atoms with Crippen molar-refractivity contribution in [1.29, 1.82) is 0 Å². The maximum atomic E-state index is 11.4. The van der Waals surface area contributed by atoms with E-state index in [1.807, 2.05) is 7.05 Å². The number of hydrogen-bond donors (Lipinski definition) is 2. The number of nitrogens with one attached hydrogen (secondary N) is 2. The molecule has 1 fully saturated rings. The van der Waals surface area contributed by atoms with Crippen LogP contribution in [0.3, 0.4) is 0 Å². The van der Waals surface area contributed by atoms with Gasteiger partial charge in [-0.25, -0.2) is 0 Å². The molecule has 1 rings (SSSR count). The van der Waals surface area contributed by atoms with Crippen LogP contribution < -0.4 is 10.6 Å². The zero-order valence-electron chi connectivity index (χ0n) is 9.59. The van der Waals surface area contributed by atoms with Crippen LogP contribution in [0.4, 0.5) is 0 Å². The molecule has 0 aliphatic heterocycles. The quantitative estimate of drug-likeness (QED) is 0.677. The van der Waals surface area contributed by atoms with Gasteiger partial charge in [0.05, 0.1) is 0 Å². The third kappa shape index (κ3) is 4.47. The SMILES string of the molecule is C=CCCC(=O)NC1CCC(NC)CC1. The number of carbonyl (C=O) groups is 1. The van der Waals surface area contributed by atoms with Gasteiger partial charge in [-0.2, -0.15) is 0 Å². The molecule has 86 valence electrons. The molecular formula is C12H22N2O. The molecule has 1 saturated carbocycles. The molecule has 0 bridgehead atoms. The van der Waals surface area contributed by atoms with Gasteiger partial charge in [0.15, 0.2) is 0 Å². The van der Waals surface area contributed by atoms with Gasteiger partial charge in [-0.15, -0.1) is 6.58 Å². The Labute approximate surface area is 92.3 Å². The molecule has 3 heteroatoms. The van der Waals surface area contributed by atoms with Crippen LogP contribution in [0.25, 0.3) is 0 Å². The average Bonchev–Trinajstić information content (AvgIpc) is 2.27. The molecule has 0 atom stereocenters. The van der Waals surface area contributed by atoms with Gasteiger partial charge in [-0.05, 0) is 39.2 Å². The van der Waals surface area contributed by atoms with Crippen LogP contribution in [0.5, 0.6) is 0 Å². The van der Waals surface area contributed by atoms with Crippen LogP contribution in [0.1, 0.15) is 38.5 Å².